The standard InChI is InChI=1S/C18H23N3O7S/c1-3-6-19-18(24)20-16(22)12-28-17(23)15-11-14(5-4-13(15)2)29(25,26)21-7-9-27-10-8-21/h3-5,11H,1,6-10,12H2,2H3,(H2,19,20,22,24). The van der Waals surface area contributed by atoms with Crippen LogP contribution in [0.15, 0.2) is 35.7 Å². The normalized spacial score (nSPS) is 14.7. The van der Waals surface area contributed by atoms with Crippen molar-refractivity contribution in [2.75, 3.05) is 39.5 Å². The van der Waals surface area contributed by atoms with Crippen LogP contribution in [0.2, 0.25) is 0 Å². The van der Waals surface area contributed by atoms with Gasteiger partial charge in [0.25, 0.3) is 5.91 Å². The third-order valence-electron chi connectivity index (χ3n) is 4.03. The van der Waals surface area contributed by atoms with Crippen molar-refractivity contribution in [3.63, 3.8) is 0 Å². The molecule has 0 unspecified atom stereocenters. The first-order valence-corrected chi connectivity index (χ1v) is 10.2. The van der Waals surface area contributed by atoms with E-state index >= 15 is 0 Å². The molecular weight excluding hydrogens is 402 g/mol. The zero-order valence-electron chi connectivity index (χ0n) is 16.0. The first-order valence-electron chi connectivity index (χ1n) is 8.80. The van der Waals surface area contributed by atoms with Crippen LogP contribution in [0, 0.1) is 6.92 Å². The Morgan fingerprint density at radius 2 is 1.97 bits per heavy atom. The Morgan fingerprint density at radius 3 is 2.62 bits per heavy atom. The number of esters is 1. The number of benzene rings is 1. The van der Waals surface area contributed by atoms with Gasteiger partial charge < -0.3 is 14.8 Å². The predicted molar refractivity (Wildman–Crippen MR) is 103 cm³/mol. The number of rotatable bonds is 7. The Labute approximate surface area is 168 Å². The van der Waals surface area contributed by atoms with Crippen LogP contribution in [0.4, 0.5) is 4.79 Å². The molecule has 1 aromatic rings. The number of urea groups is 1. The molecular formula is C18H23N3O7S. The van der Waals surface area contributed by atoms with Crippen molar-refractivity contribution in [1.29, 1.82) is 0 Å². The van der Waals surface area contributed by atoms with Gasteiger partial charge in [0.1, 0.15) is 0 Å². The second-order valence-electron chi connectivity index (χ2n) is 6.12. The van der Waals surface area contributed by atoms with Crippen molar-refractivity contribution < 1.29 is 32.3 Å². The maximum atomic E-state index is 12.7. The minimum absolute atomic E-state index is 0.0169. The van der Waals surface area contributed by atoms with E-state index in [0.717, 1.165) is 0 Å². The monoisotopic (exact) mass is 425 g/mol. The summed E-state index contributed by atoms with van der Waals surface area (Å²) < 4.78 is 36.9. The molecule has 0 bridgehead atoms. The van der Waals surface area contributed by atoms with Crippen molar-refractivity contribution in [1.82, 2.24) is 14.9 Å². The van der Waals surface area contributed by atoms with Crippen LogP contribution in [0.3, 0.4) is 0 Å². The largest absolute Gasteiger partial charge is 0.452 e. The van der Waals surface area contributed by atoms with Gasteiger partial charge in [-0.3, -0.25) is 10.1 Å². The number of aryl methyl sites for hydroxylation is 1. The van der Waals surface area contributed by atoms with Crippen LogP contribution >= 0.6 is 0 Å². The van der Waals surface area contributed by atoms with E-state index in [1.54, 1.807) is 6.92 Å². The van der Waals surface area contributed by atoms with Crippen LogP contribution in [0.5, 0.6) is 0 Å². The third-order valence-corrected chi connectivity index (χ3v) is 5.93. The van der Waals surface area contributed by atoms with Crippen molar-refractivity contribution in [2.45, 2.75) is 11.8 Å². The van der Waals surface area contributed by atoms with E-state index in [-0.39, 0.29) is 30.1 Å². The number of hydrogen-bond acceptors (Lipinski definition) is 7. The maximum Gasteiger partial charge on any atom is 0.338 e. The minimum Gasteiger partial charge on any atom is -0.452 e. The van der Waals surface area contributed by atoms with Crippen molar-refractivity contribution in [2.24, 2.45) is 0 Å². The number of amides is 3. The second-order valence-corrected chi connectivity index (χ2v) is 8.05. The molecule has 0 aliphatic carbocycles. The first kappa shape index (κ1) is 22.5. The van der Waals surface area contributed by atoms with Gasteiger partial charge in [-0.2, -0.15) is 4.31 Å². The summed E-state index contributed by atoms with van der Waals surface area (Å²) >= 11 is 0. The van der Waals surface area contributed by atoms with Gasteiger partial charge in [0.15, 0.2) is 6.61 Å². The summed E-state index contributed by atoms with van der Waals surface area (Å²) in [5.74, 6) is -1.70. The van der Waals surface area contributed by atoms with Crippen LogP contribution in [-0.2, 0) is 24.3 Å². The lowest BCUT2D eigenvalue weighted by Gasteiger charge is -2.26. The highest BCUT2D eigenvalue weighted by molar-refractivity contribution is 7.89. The van der Waals surface area contributed by atoms with E-state index in [1.807, 2.05) is 5.32 Å². The minimum atomic E-state index is -3.79. The van der Waals surface area contributed by atoms with E-state index < -0.39 is 34.5 Å². The summed E-state index contributed by atoms with van der Waals surface area (Å²) in [7, 11) is -3.79. The lowest BCUT2D eigenvalue weighted by Crippen LogP contribution is -2.41. The Morgan fingerprint density at radius 1 is 1.28 bits per heavy atom. The van der Waals surface area contributed by atoms with Crippen molar-refractivity contribution in [3.05, 3.63) is 42.0 Å². The number of hydrogen-bond donors (Lipinski definition) is 2. The SMILES string of the molecule is C=CCNC(=O)NC(=O)COC(=O)c1cc(S(=O)(=O)N2CCOCC2)ccc1C. The fourth-order valence-electron chi connectivity index (χ4n) is 2.50. The predicted octanol–water partition coefficient (Wildman–Crippen LogP) is 0.185. The summed E-state index contributed by atoms with van der Waals surface area (Å²) in [5, 5.41) is 4.32. The van der Waals surface area contributed by atoms with Crippen molar-refractivity contribution >= 4 is 27.9 Å². The summed E-state index contributed by atoms with van der Waals surface area (Å²) in [6.07, 6.45) is 1.44. The Hall–Kier alpha value is -2.76. The van der Waals surface area contributed by atoms with Crippen molar-refractivity contribution in [3.8, 4) is 0 Å². The molecule has 3 amide bonds. The summed E-state index contributed by atoms with van der Waals surface area (Å²) in [6.45, 7) is 5.56. The van der Waals surface area contributed by atoms with E-state index in [2.05, 4.69) is 11.9 Å². The molecule has 0 aromatic heterocycles. The summed E-state index contributed by atoms with van der Waals surface area (Å²) in [5.41, 5.74) is 0.503. The highest BCUT2D eigenvalue weighted by Crippen LogP contribution is 2.21. The van der Waals surface area contributed by atoms with E-state index in [4.69, 9.17) is 9.47 Å². The average Bonchev–Trinajstić information content (AvgIpc) is 2.71. The molecule has 0 saturated carbocycles. The molecule has 1 aromatic carbocycles. The molecule has 158 valence electrons. The van der Waals surface area contributed by atoms with Gasteiger partial charge in [0.2, 0.25) is 10.0 Å². The molecule has 0 atom stereocenters. The van der Waals surface area contributed by atoms with Gasteiger partial charge in [-0.15, -0.1) is 6.58 Å². The molecule has 10 nitrogen and oxygen atoms in total. The zero-order chi connectivity index (χ0) is 21.4. The van der Waals surface area contributed by atoms with Gasteiger partial charge in [-0.1, -0.05) is 12.1 Å². The summed E-state index contributed by atoms with van der Waals surface area (Å²) in [4.78, 5) is 35.3. The maximum absolute atomic E-state index is 12.7. The van der Waals surface area contributed by atoms with Crippen LogP contribution < -0.4 is 10.6 Å². The molecule has 2 rings (SSSR count). The molecule has 11 heteroatoms. The fourth-order valence-corrected chi connectivity index (χ4v) is 3.93. The highest BCUT2D eigenvalue weighted by atomic mass is 32.2. The molecule has 1 aliphatic rings. The van der Waals surface area contributed by atoms with Gasteiger partial charge >= 0.3 is 12.0 Å². The summed E-state index contributed by atoms with van der Waals surface area (Å²) in [6, 6.07) is 3.37. The second kappa shape index (κ2) is 10.1. The zero-order valence-corrected chi connectivity index (χ0v) is 16.8. The number of ether oxygens (including phenoxy) is 2. The molecule has 29 heavy (non-hydrogen) atoms. The van der Waals surface area contributed by atoms with Crippen LogP contribution in [-0.4, -0.2) is 70.1 Å². The molecule has 0 spiro atoms. The van der Waals surface area contributed by atoms with Gasteiger partial charge in [-0.05, 0) is 24.6 Å². The fraction of sp³-hybridized carbons (Fsp3) is 0.389. The van der Waals surface area contributed by atoms with Gasteiger partial charge in [0, 0.05) is 19.6 Å². The molecule has 1 aliphatic heterocycles. The Kier molecular flexibility index (Phi) is 7.88. The van der Waals surface area contributed by atoms with Crippen LogP contribution in [0.25, 0.3) is 0 Å². The molecule has 0 radical (unpaired) electrons. The van der Waals surface area contributed by atoms with Crippen LogP contribution in [0.1, 0.15) is 15.9 Å². The number of nitrogens with zero attached hydrogens (tertiary/aromatic N) is 1. The lowest BCUT2D eigenvalue weighted by molar-refractivity contribution is -0.123. The Balaban J connectivity index is 2.05. The first-order chi connectivity index (χ1) is 13.8. The smallest absolute Gasteiger partial charge is 0.338 e. The lowest BCUT2D eigenvalue weighted by atomic mass is 10.1. The number of imide groups is 1. The Bertz CT molecular complexity index is 893. The molecule has 1 heterocycles. The number of morpholine rings is 1. The van der Waals surface area contributed by atoms with Gasteiger partial charge in [0.05, 0.1) is 23.7 Å². The average molecular weight is 425 g/mol. The van der Waals surface area contributed by atoms with E-state index in [0.29, 0.717) is 18.8 Å². The number of sulfonamides is 1. The number of carbonyl (C=O) groups excluding carboxylic acids is 3. The topological polar surface area (TPSA) is 131 Å². The molecule has 1 saturated heterocycles. The molecule has 1 fully saturated rings. The van der Waals surface area contributed by atoms with Gasteiger partial charge in [-0.25, -0.2) is 18.0 Å². The van der Waals surface area contributed by atoms with E-state index in [1.165, 1.54) is 28.6 Å². The third kappa shape index (κ3) is 6.11. The highest BCUT2D eigenvalue weighted by Gasteiger charge is 2.27. The molecule has 2 N–H and O–H groups in total. The number of nitrogens with one attached hydrogen (secondary N) is 2. The van der Waals surface area contributed by atoms with E-state index in [9.17, 15) is 22.8 Å². The quantitative estimate of drug-likeness (QED) is 0.471. The number of carbonyl (C=O) groups is 3.